The number of terminal acetylenes is 1. The molecule has 0 saturated carbocycles. The Bertz CT molecular complexity index is 597. The first-order chi connectivity index (χ1) is 8.22. The van der Waals surface area contributed by atoms with Gasteiger partial charge in [-0.3, -0.25) is 0 Å². The molecule has 0 amide bonds. The van der Waals surface area contributed by atoms with Gasteiger partial charge in [0, 0.05) is 17.3 Å². The Morgan fingerprint density at radius 3 is 2.59 bits per heavy atom. The maximum Gasteiger partial charge on any atom is 0.355 e. The van der Waals surface area contributed by atoms with Gasteiger partial charge in [-0.05, 0) is 11.6 Å². The number of aromatic carboxylic acids is 1. The van der Waals surface area contributed by atoms with Crippen LogP contribution in [0, 0.1) is 12.3 Å². The quantitative estimate of drug-likeness (QED) is 0.795. The zero-order valence-corrected chi connectivity index (χ0v) is 8.92. The number of aromatic nitrogens is 1. The molecule has 17 heavy (non-hydrogen) atoms. The Morgan fingerprint density at radius 1 is 1.29 bits per heavy atom. The maximum atomic E-state index is 11.1. The first-order valence-corrected chi connectivity index (χ1v) is 4.97. The van der Waals surface area contributed by atoms with Crippen molar-refractivity contribution >= 4 is 5.97 Å². The summed E-state index contributed by atoms with van der Waals surface area (Å²) in [6.45, 7) is 0. The van der Waals surface area contributed by atoms with E-state index in [4.69, 9.17) is 11.5 Å². The monoisotopic (exact) mass is 223 g/mol. The smallest absolute Gasteiger partial charge is 0.355 e. The predicted molar refractivity (Wildman–Crippen MR) is 64.6 cm³/mol. The molecule has 0 spiro atoms. The number of hydrogen-bond acceptors (Lipinski definition) is 2. The fraction of sp³-hybridized carbons (Fsp3) is 0. The number of carbonyl (C=O) groups is 1. The maximum absolute atomic E-state index is 11.1. The van der Waals surface area contributed by atoms with Crippen LogP contribution in [-0.2, 0) is 0 Å². The van der Waals surface area contributed by atoms with Crippen molar-refractivity contribution in [2.45, 2.75) is 0 Å². The lowest BCUT2D eigenvalue weighted by Crippen LogP contribution is -2.03. The third-order valence-electron chi connectivity index (χ3n) is 2.34. The minimum Gasteiger partial charge on any atom is -0.476 e. The highest BCUT2D eigenvalue weighted by atomic mass is 16.4. The number of carboxylic acid groups (broad SMARTS) is 1. The molecule has 0 radical (unpaired) electrons. The lowest BCUT2D eigenvalue weighted by atomic mass is 10.0. The average molecular weight is 223 g/mol. The van der Waals surface area contributed by atoms with Gasteiger partial charge in [-0.1, -0.05) is 36.3 Å². The topological polar surface area (TPSA) is 50.2 Å². The molecule has 3 nitrogen and oxygen atoms in total. The van der Waals surface area contributed by atoms with E-state index < -0.39 is 5.97 Å². The number of hydrogen-bond donors (Lipinski definition) is 1. The summed E-state index contributed by atoms with van der Waals surface area (Å²) in [5.41, 5.74) is 1.90. The summed E-state index contributed by atoms with van der Waals surface area (Å²) < 4.78 is 0. The van der Waals surface area contributed by atoms with Gasteiger partial charge >= 0.3 is 5.97 Å². The SMILES string of the molecule is C#Cc1cnc(C(=O)O)c(-c2ccccc2)c1. The van der Waals surface area contributed by atoms with E-state index in [2.05, 4.69) is 10.9 Å². The van der Waals surface area contributed by atoms with Crippen LogP contribution in [0.2, 0.25) is 0 Å². The van der Waals surface area contributed by atoms with Crippen molar-refractivity contribution in [3.63, 3.8) is 0 Å². The molecular formula is C14H9NO2. The summed E-state index contributed by atoms with van der Waals surface area (Å²) >= 11 is 0. The van der Waals surface area contributed by atoms with Gasteiger partial charge in [0.15, 0.2) is 5.69 Å². The van der Waals surface area contributed by atoms with Gasteiger partial charge in [-0.25, -0.2) is 9.78 Å². The molecule has 0 unspecified atom stereocenters. The molecule has 1 heterocycles. The highest BCUT2D eigenvalue weighted by Crippen LogP contribution is 2.23. The molecule has 82 valence electrons. The lowest BCUT2D eigenvalue weighted by molar-refractivity contribution is 0.0691. The molecule has 0 aliphatic rings. The van der Waals surface area contributed by atoms with E-state index in [0.29, 0.717) is 11.1 Å². The number of carboxylic acids is 1. The zero-order chi connectivity index (χ0) is 12.3. The summed E-state index contributed by atoms with van der Waals surface area (Å²) in [7, 11) is 0. The molecule has 2 rings (SSSR count). The second-order valence-electron chi connectivity index (χ2n) is 3.44. The van der Waals surface area contributed by atoms with Crippen molar-refractivity contribution in [1.29, 1.82) is 0 Å². The van der Waals surface area contributed by atoms with Crippen molar-refractivity contribution in [1.82, 2.24) is 4.98 Å². The molecule has 1 aromatic heterocycles. The van der Waals surface area contributed by atoms with Crippen molar-refractivity contribution in [2.24, 2.45) is 0 Å². The van der Waals surface area contributed by atoms with E-state index in [1.165, 1.54) is 6.20 Å². The largest absolute Gasteiger partial charge is 0.476 e. The Morgan fingerprint density at radius 2 is 2.00 bits per heavy atom. The number of nitrogens with zero attached hydrogens (tertiary/aromatic N) is 1. The zero-order valence-electron chi connectivity index (χ0n) is 8.92. The predicted octanol–water partition coefficient (Wildman–Crippen LogP) is 2.43. The van der Waals surface area contributed by atoms with E-state index in [0.717, 1.165) is 5.56 Å². The third kappa shape index (κ3) is 2.16. The van der Waals surface area contributed by atoms with Gasteiger partial charge in [0.2, 0.25) is 0 Å². The van der Waals surface area contributed by atoms with E-state index in [-0.39, 0.29) is 5.69 Å². The second kappa shape index (κ2) is 4.50. The second-order valence-corrected chi connectivity index (χ2v) is 3.44. The van der Waals surface area contributed by atoms with Gasteiger partial charge < -0.3 is 5.11 Å². The molecular weight excluding hydrogens is 214 g/mol. The van der Waals surface area contributed by atoms with Crippen LogP contribution in [0.5, 0.6) is 0 Å². The van der Waals surface area contributed by atoms with Gasteiger partial charge in [0.25, 0.3) is 0 Å². The number of pyridine rings is 1. The van der Waals surface area contributed by atoms with Crippen molar-refractivity contribution in [3.8, 4) is 23.5 Å². The number of benzene rings is 1. The molecule has 2 aromatic rings. The van der Waals surface area contributed by atoms with Crippen molar-refractivity contribution < 1.29 is 9.90 Å². The van der Waals surface area contributed by atoms with Crippen LogP contribution in [0.15, 0.2) is 42.6 Å². The fourth-order valence-corrected chi connectivity index (χ4v) is 1.55. The Hall–Kier alpha value is -2.60. The van der Waals surface area contributed by atoms with Gasteiger partial charge in [0.05, 0.1) is 0 Å². The Balaban J connectivity index is 2.66. The van der Waals surface area contributed by atoms with E-state index in [1.807, 2.05) is 30.3 Å². The van der Waals surface area contributed by atoms with Crippen molar-refractivity contribution in [3.05, 3.63) is 53.9 Å². The van der Waals surface area contributed by atoms with Crippen LogP contribution in [-0.4, -0.2) is 16.1 Å². The first kappa shape index (κ1) is 10.9. The number of rotatable bonds is 2. The Labute approximate surface area is 98.8 Å². The summed E-state index contributed by atoms with van der Waals surface area (Å²) in [6, 6.07) is 10.8. The van der Waals surface area contributed by atoms with Crippen molar-refractivity contribution in [2.75, 3.05) is 0 Å². The molecule has 1 N–H and O–H groups in total. The van der Waals surface area contributed by atoms with E-state index >= 15 is 0 Å². The minimum atomic E-state index is -1.06. The molecule has 0 fully saturated rings. The summed E-state index contributed by atoms with van der Waals surface area (Å²) in [5, 5.41) is 9.08. The highest BCUT2D eigenvalue weighted by molar-refractivity contribution is 5.94. The third-order valence-corrected chi connectivity index (χ3v) is 2.34. The first-order valence-electron chi connectivity index (χ1n) is 4.97. The van der Waals surface area contributed by atoms with Gasteiger partial charge in [-0.2, -0.15) is 0 Å². The van der Waals surface area contributed by atoms with E-state index in [1.54, 1.807) is 6.07 Å². The summed E-state index contributed by atoms with van der Waals surface area (Å²) in [4.78, 5) is 15.0. The van der Waals surface area contributed by atoms with Crippen LogP contribution in [0.4, 0.5) is 0 Å². The van der Waals surface area contributed by atoms with Gasteiger partial charge in [-0.15, -0.1) is 6.42 Å². The van der Waals surface area contributed by atoms with Crippen LogP contribution in [0.1, 0.15) is 16.1 Å². The lowest BCUT2D eigenvalue weighted by Gasteiger charge is -2.05. The fourth-order valence-electron chi connectivity index (χ4n) is 1.55. The van der Waals surface area contributed by atoms with Crippen LogP contribution < -0.4 is 0 Å². The molecule has 0 atom stereocenters. The summed E-state index contributed by atoms with van der Waals surface area (Å²) in [5.74, 6) is 1.39. The standard InChI is InChI=1S/C14H9NO2/c1-2-10-8-12(11-6-4-3-5-7-11)13(14(16)17)15-9-10/h1,3-9H,(H,16,17). The summed E-state index contributed by atoms with van der Waals surface area (Å²) in [6.07, 6.45) is 6.67. The molecule has 0 aliphatic heterocycles. The molecule has 0 saturated heterocycles. The Kier molecular flexibility index (Phi) is 2.89. The molecule has 3 heteroatoms. The highest BCUT2D eigenvalue weighted by Gasteiger charge is 2.13. The van der Waals surface area contributed by atoms with Gasteiger partial charge in [0.1, 0.15) is 0 Å². The van der Waals surface area contributed by atoms with Crippen LogP contribution in [0.25, 0.3) is 11.1 Å². The molecule has 0 bridgehead atoms. The normalized spacial score (nSPS) is 9.59. The molecule has 1 aromatic carbocycles. The van der Waals surface area contributed by atoms with E-state index in [9.17, 15) is 4.79 Å². The minimum absolute atomic E-state index is 0.00944. The van der Waals surface area contributed by atoms with Crippen LogP contribution in [0.3, 0.4) is 0 Å². The average Bonchev–Trinajstić information content (AvgIpc) is 2.39. The van der Waals surface area contributed by atoms with Crippen LogP contribution >= 0.6 is 0 Å². The molecule has 0 aliphatic carbocycles.